The molecule has 7 nitrogen and oxygen atoms in total. The number of methoxy groups -OCH3 is 1. The fourth-order valence-electron chi connectivity index (χ4n) is 1.85. The van der Waals surface area contributed by atoms with E-state index in [-0.39, 0.29) is 23.9 Å². The first-order chi connectivity index (χ1) is 10.4. The fraction of sp³-hybridized carbons (Fsp3) is 0.357. The highest BCUT2D eigenvalue weighted by Gasteiger charge is 2.19. The topological polar surface area (TPSA) is 90.4 Å². The molecular weight excluding hydrogens is 293 g/mol. The highest BCUT2D eigenvalue weighted by Crippen LogP contribution is 2.32. The lowest BCUT2D eigenvalue weighted by Crippen LogP contribution is -2.03. The summed E-state index contributed by atoms with van der Waals surface area (Å²) in [5.74, 6) is 0.0135. The number of nitro benzene ring substituents is 1. The molecule has 0 aliphatic heterocycles. The molecular formula is C14H16FN3O4. The lowest BCUT2D eigenvalue weighted by Gasteiger charge is -2.08. The molecule has 8 heteroatoms. The van der Waals surface area contributed by atoms with Crippen molar-refractivity contribution in [2.75, 3.05) is 12.4 Å². The second-order valence-corrected chi connectivity index (χ2v) is 4.99. The van der Waals surface area contributed by atoms with Crippen LogP contribution in [0.2, 0.25) is 0 Å². The van der Waals surface area contributed by atoms with Crippen molar-refractivity contribution in [3.8, 4) is 5.75 Å². The number of hydrogen-bond acceptors (Lipinski definition) is 6. The maximum atomic E-state index is 13.9. The lowest BCUT2D eigenvalue weighted by atomic mass is 10.1. The van der Waals surface area contributed by atoms with E-state index in [0.717, 1.165) is 11.8 Å². The first-order valence-electron chi connectivity index (χ1n) is 6.63. The van der Waals surface area contributed by atoms with Crippen LogP contribution in [-0.2, 0) is 6.54 Å². The zero-order valence-corrected chi connectivity index (χ0v) is 12.4. The molecule has 0 radical (unpaired) electrons. The SMILES string of the molecule is COc1cc(NCc2cc(C(C)C)no2)c(F)cc1[N+](=O)[O-]. The van der Waals surface area contributed by atoms with Gasteiger partial charge in [-0.1, -0.05) is 19.0 Å². The molecule has 0 spiro atoms. The predicted molar refractivity (Wildman–Crippen MR) is 77.5 cm³/mol. The number of hydrogen-bond donors (Lipinski definition) is 1. The van der Waals surface area contributed by atoms with Gasteiger partial charge in [-0.3, -0.25) is 10.1 Å². The Bertz CT molecular complexity index is 685. The molecule has 0 saturated heterocycles. The maximum absolute atomic E-state index is 13.9. The Balaban J connectivity index is 2.17. The first-order valence-corrected chi connectivity index (χ1v) is 6.63. The van der Waals surface area contributed by atoms with Crippen molar-refractivity contribution in [1.29, 1.82) is 0 Å². The summed E-state index contributed by atoms with van der Waals surface area (Å²) in [5, 5.41) is 17.5. The van der Waals surface area contributed by atoms with E-state index in [0.29, 0.717) is 5.76 Å². The molecule has 0 unspecified atom stereocenters. The molecule has 0 amide bonds. The van der Waals surface area contributed by atoms with E-state index in [1.54, 1.807) is 6.07 Å². The van der Waals surface area contributed by atoms with E-state index in [9.17, 15) is 14.5 Å². The van der Waals surface area contributed by atoms with Gasteiger partial charge < -0.3 is 14.6 Å². The second kappa shape index (κ2) is 6.42. The van der Waals surface area contributed by atoms with Crippen LogP contribution < -0.4 is 10.1 Å². The van der Waals surface area contributed by atoms with Gasteiger partial charge in [0.15, 0.2) is 17.3 Å². The summed E-state index contributed by atoms with van der Waals surface area (Å²) < 4.78 is 23.9. The Hall–Kier alpha value is -2.64. The third kappa shape index (κ3) is 3.33. The molecule has 0 bridgehead atoms. The summed E-state index contributed by atoms with van der Waals surface area (Å²) in [4.78, 5) is 10.1. The summed E-state index contributed by atoms with van der Waals surface area (Å²) in [5.41, 5.74) is 0.468. The number of nitrogens with zero attached hydrogens (tertiary/aromatic N) is 2. The van der Waals surface area contributed by atoms with Gasteiger partial charge in [-0.05, 0) is 5.92 Å². The number of anilines is 1. The number of rotatable bonds is 6. The summed E-state index contributed by atoms with van der Waals surface area (Å²) in [6.45, 7) is 4.17. The van der Waals surface area contributed by atoms with E-state index < -0.39 is 16.4 Å². The summed E-state index contributed by atoms with van der Waals surface area (Å²) in [6, 6.07) is 3.84. The molecule has 2 aromatic rings. The Morgan fingerprint density at radius 3 is 2.73 bits per heavy atom. The first kappa shape index (κ1) is 15.7. The quantitative estimate of drug-likeness (QED) is 0.649. The van der Waals surface area contributed by atoms with Crippen molar-refractivity contribution >= 4 is 11.4 Å². The van der Waals surface area contributed by atoms with Gasteiger partial charge >= 0.3 is 5.69 Å². The van der Waals surface area contributed by atoms with Crippen LogP contribution in [0, 0.1) is 15.9 Å². The van der Waals surface area contributed by atoms with Crippen LogP contribution in [0.1, 0.15) is 31.2 Å². The van der Waals surface area contributed by atoms with Crippen LogP contribution in [0.15, 0.2) is 22.7 Å². The standard InChI is InChI=1S/C14H16FN3O4/c1-8(2)11-4-9(22-17-11)7-16-12-6-14(21-3)13(18(19)20)5-10(12)15/h4-6,8,16H,7H2,1-3H3. The van der Waals surface area contributed by atoms with Crippen molar-refractivity contribution in [1.82, 2.24) is 5.16 Å². The van der Waals surface area contributed by atoms with Crippen molar-refractivity contribution in [3.05, 3.63) is 45.6 Å². The van der Waals surface area contributed by atoms with Crippen LogP contribution in [0.4, 0.5) is 15.8 Å². The number of benzene rings is 1. The number of nitro groups is 1. The molecule has 22 heavy (non-hydrogen) atoms. The van der Waals surface area contributed by atoms with Gasteiger partial charge in [0, 0.05) is 12.1 Å². The molecule has 0 fully saturated rings. The molecule has 1 aromatic heterocycles. The Labute approximate surface area is 126 Å². The van der Waals surface area contributed by atoms with E-state index in [4.69, 9.17) is 9.26 Å². The van der Waals surface area contributed by atoms with Crippen LogP contribution >= 0.6 is 0 Å². The molecule has 118 valence electrons. The highest BCUT2D eigenvalue weighted by atomic mass is 19.1. The summed E-state index contributed by atoms with van der Waals surface area (Å²) >= 11 is 0. The molecule has 2 rings (SSSR count). The van der Waals surface area contributed by atoms with Crippen LogP contribution in [0.25, 0.3) is 0 Å². The highest BCUT2D eigenvalue weighted by molar-refractivity contribution is 5.59. The fourth-order valence-corrected chi connectivity index (χ4v) is 1.85. The van der Waals surface area contributed by atoms with Gasteiger partial charge in [0.25, 0.3) is 0 Å². The average Bonchev–Trinajstić information content (AvgIpc) is 2.94. The van der Waals surface area contributed by atoms with Gasteiger partial charge in [-0.15, -0.1) is 0 Å². The lowest BCUT2D eigenvalue weighted by molar-refractivity contribution is -0.385. The smallest absolute Gasteiger partial charge is 0.313 e. The molecule has 0 aliphatic carbocycles. The maximum Gasteiger partial charge on any atom is 0.313 e. The molecule has 0 aliphatic rings. The third-order valence-corrected chi connectivity index (χ3v) is 3.09. The minimum absolute atomic E-state index is 0.0191. The van der Waals surface area contributed by atoms with E-state index in [1.165, 1.54) is 13.2 Å². The summed E-state index contributed by atoms with van der Waals surface area (Å²) in [6.07, 6.45) is 0. The van der Waals surface area contributed by atoms with E-state index in [1.807, 2.05) is 13.8 Å². The third-order valence-electron chi connectivity index (χ3n) is 3.09. The van der Waals surface area contributed by atoms with Crippen molar-refractivity contribution in [3.63, 3.8) is 0 Å². The average molecular weight is 309 g/mol. The van der Waals surface area contributed by atoms with Gasteiger partial charge in [-0.2, -0.15) is 0 Å². The number of nitrogens with one attached hydrogen (secondary N) is 1. The van der Waals surface area contributed by atoms with Gasteiger partial charge in [0.05, 0.1) is 36.0 Å². The molecule has 1 N–H and O–H groups in total. The van der Waals surface area contributed by atoms with Gasteiger partial charge in [0.1, 0.15) is 0 Å². The van der Waals surface area contributed by atoms with E-state index in [2.05, 4.69) is 10.5 Å². The minimum Gasteiger partial charge on any atom is -0.490 e. The Morgan fingerprint density at radius 1 is 1.45 bits per heavy atom. The predicted octanol–water partition coefficient (Wildman–Crippen LogP) is 3.47. The van der Waals surface area contributed by atoms with E-state index >= 15 is 0 Å². The molecule has 0 atom stereocenters. The minimum atomic E-state index is -0.740. The van der Waals surface area contributed by atoms with Crippen molar-refractivity contribution < 1.29 is 18.6 Å². The normalized spacial score (nSPS) is 10.8. The Kier molecular flexibility index (Phi) is 4.59. The molecule has 1 aromatic carbocycles. The molecule has 0 saturated carbocycles. The second-order valence-electron chi connectivity index (χ2n) is 4.99. The Morgan fingerprint density at radius 2 is 2.18 bits per heavy atom. The zero-order chi connectivity index (χ0) is 16.3. The van der Waals surface area contributed by atoms with Gasteiger partial charge in [0.2, 0.25) is 0 Å². The monoisotopic (exact) mass is 309 g/mol. The van der Waals surface area contributed by atoms with Crippen LogP contribution in [0.3, 0.4) is 0 Å². The largest absolute Gasteiger partial charge is 0.490 e. The number of ether oxygens (including phenoxy) is 1. The van der Waals surface area contributed by atoms with Crippen LogP contribution in [-0.4, -0.2) is 17.2 Å². The zero-order valence-electron chi connectivity index (χ0n) is 12.4. The van der Waals surface area contributed by atoms with Crippen molar-refractivity contribution in [2.24, 2.45) is 0 Å². The number of aromatic nitrogens is 1. The van der Waals surface area contributed by atoms with Crippen LogP contribution in [0.5, 0.6) is 5.75 Å². The molecule has 1 heterocycles. The van der Waals surface area contributed by atoms with Crippen molar-refractivity contribution in [2.45, 2.75) is 26.3 Å². The van der Waals surface area contributed by atoms with Gasteiger partial charge in [-0.25, -0.2) is 4.39 Å². The number of halogens is 1. The summed E-state index contributed by atoms with van der Waals surface area (Å²) in [7, 11) is 1.29.